The summed E-state index contributed by atoms with van der Waals surface area (Å²) in [5.74, 6) is -0.480. The van der Waals surface area contributed by atoms with Crippen LogP contribution in [0.25, 0.3) is 0 Å². The number of rotatable bonds is 9. The SMILES string of the molecule is CCOC(=O)/C(C)=C/[C@H](C(C)CC)N(C)C(=O)[C@@H](NC(=O)[C@H]1CCCCN1C)C(C)(C)C. The second-order valence-corrected chi connectivity index (χ2v) is 10.2. The molecule has 0 spiro atoms. The Morgan fingerprint density at radius 2 is 1.84 bits per heavy atom. The average Bonchev–Trinajstić information content (AvgIpc) is 2.73. The third kappa shape index (κ3) is 7.61. The van der Waals surface area contributed by atoms with Crippen molar-refractivity contribution in [2.24, 2.45) is 11.3 Å². The molecule has 1 unspecified atom stereocenters. The quantitative estimate of drug-likeness (QED) is 0.429. The molecule has 7 nitrogen and oxygen atoms in total. The first-order valence-electron chi connectivity index (χ1n) is 12.0. The summed E-state index contributed by atoms with van der Waals surface area (Å²) < 4.78 is 5.12. The predicted octanol–water partition coefficient (Wildman–Crippen LogP) is 3.38. The van der Waals surface area contributed by atoms with Crippen LogP contribution in [0.2, 0.25) is 0 Å². The van der Waals surface area contributed by atoms with Crippen molar-refractivity contribution in [1.82, 2.24) is 15.1 Å². The summed E-state index contributed by atoms with van der Waals surface area (Å²) in [6.07, 6.45) is 5.58. The number of esters is 1. The molecule has 32 heavy (non-hydrogen) atoms. The first kappa shape index (κ1) is 28.1. The van der Waals surface area contributed by atoms with E-state index in [1.54, 1.807) is 25.8 Å². The number of amides is 2. The second-order valence-electron chi connectivity index (χ2n) is 10.2. The zero-order valence-corrected chi connectivity index (χ0v) is 21.7. The maximum atomic E-state index is 13.7. The molecule has 1 heterocycles. The number of likely N-dealkylation sites (tertiary alicyclic amines) is 1. The Morgan fingerprint density at radius 3 is 2.34 bits per heavy atom. The van der Waals surface area contributed by atoms with Crippen LogP contribution in [-0.2, 0) is 19.1 Å². The van der Waals surface area contributed by atoms with Gasteiger partial charge in [0.1, 0.15) is 6.04 Å². The summed E-state index contributed by atoms with van der Waals surface area (Å²) in [5.41, 5.74) is 0.0192. The van der Waals surface area contributed by atoms with E-state index in [0.29, 0.717) is 12.2 Å². The van der Waals surface area contributed by atoms with Gasteiger partial charge in [0.05, 0.1) is 18.7 Å². The van der Waals surface area contributed by atoms with E-state index < -0.39 is 11.5 Å². The van der Waals surface area contributed by atoms with E-state index in [1.165, 1.54) is 0 Å². The lowest BCUT2D eigenvalue weighted by Gasteiger charge is -2.39. The molecule has 1 aliphatic heterocycles. The summed E-state index contributed by atoms with van der Waals surface area (Å²) in [7, 11) is 3.72. The van der Waals surface area contributed by atoms with Crippen molar-refractivity contribution < 1.29 is 19.1 Å². The number of carbonyl (C=O) groups excluding carboxylic acids is 3. The Hall–Kier alpha value is -1.89. The normalized spacial score (nSPS) is 20.8. The van der Waals surface area contributed by atoms with Gasteiger partial charge in [-0.1, -0.05) is 53.5 Å². The minimum atomic E-state index is -0.668. The molecule has 1 fully saturated rings. The average molecular weight is 452 g/mol. The zero-order valence-electron chi connectivity index (χ0n) is 21.7. The molecular formula is C25H45N3O4. The van der Waals surface area contributed by atoms with Gasteiger partial charge in [0, 0.05) is 12.6 Å². The molecule has 0 aromatic heterocycles. The number of piperidine rings is 1. The number of hydrogen-bond donors (Lipinski definition) is 1. The largest absolute Gasteiger partial charge is 0.463 e. The molecule has 0 saturated carbocycles. The van der Waals surface area contributed by atoms with Crippen molar-refractivity contribution >= 4 is 17.8 Å². The third-order valence-electron chi connectivity index (χ3n) is 6.51. The Labute approximate surface area is 194 Å². The van der Waals surface area contributed by atoms with Gasteiger partial charge < -0.3 is 15.0 Å². The lowest BCUT2D eigenvalue weighted by molar-refractivity contribution is -0.142. The molecule has 1 saturated heterocycles. The number of nitrogens with zero attached hydrogens (tertiary/aromatic N) is 2. The molecule has 0 radical (unpaired) electrons. The number of likely N-dealkylation sites (N-methyl/N-ethyl adjacent to an activating group) is 2. The summed E-state index contributed by atoms with van der Waals surface area (Å²) in [6, 6.07) is -1.16. The summed E-state index contributed by atoms with van der Waals surface area (Å²) in [6.45, 7) is 14.7. The van der Waals surface area contributed by atoms with Crippen LogP contribution >= 0.6 is 0 Å². The van der Waals surface area contributed by atoms with Crippen molar-refractivity contribution in [2.45, 2.75) is 92.3 Å². The maximum Gasteiger partial charge on any atom is 0.333 e. The van der Waals surface area contributed by atoms with Crippen molar-refractivity contribution in [3.63, 3.8) is 0 Å². The minimum absolute atomic E-state index is 0.0905. The van der Waals surface area contributed by atoms with Gasteiger partial charge in [0.25, 0.3) is 0 Å². The van der Waals surface area contributed by atoms with Crippen LogP contribution < -0.4 is 5.32 Å². The van der Waals surface area contributed by atoms with Gasteiger partial charge in [-0.25, -0.2) is 4.79 Å². The van der Waals surface area contributed by atoms with E-state index in [1.807, 2.05) is 33.9 Å². The Morgan fingerprint density at radius 1 is 1.22 bits per heavy atom. The van der Waals surface area contributed by atoms with E-state index in [9.17, 15) is 14.4 Å². The maximum absolute atomic E-state index is 13.7. The zero-order chi connectivity index (χ0) is 24.6. The highest BCUT2D eigenvalue weighted by Crippen LogP contribution is 2.25. The molecule has 0 bridgehead atoms. The minimum Gasteiger partial charge on any atom is -0.463 e. The first-order valence-corrected chi connectivity index (χ1v) is 12.0. The molecular weight excluding hydrogens is 406 g/mol. The van der Waals surface area contributed by atoms with Crippen LogP contribution in [0, 0.1) is 11.3 Å². The highest BCUT2D eigenvalue weighted by atomic mass is 16.5. The summed E-state index contributed by atoms with van der Waals surface area (Å²) in [4.78, 5) is 42.7. The lowest BCUT2D eigenvalue weighted by Crippen LogP contribution is -2.59. The molecule has 0 aliphatic carbocycles. The highest BCUT2D eigenvalue weighted by molar-refractivity contribution is 5.91. The fraction of sp³-hybridized carbons (Fsp3) is 0.800. The molecule has 184 valence electrons. The van der Waals surface area contributed by atoms with Gasteiger partial charge in [-0.05, 0) is 51.6 Å². The smallest absolute Gasteiger partial charge is 0.333 e. The van der Waals surface area contributed by atoms with Crippen LogP contribution in [0.3, 0.4) is 0 Å². The lowest BCUT2D eigenvalue weighted by atomic mass is 9.84. The van der Waals surface area contributed by atoms with Crippen LogP contribution in [0.4, 0.5) is 0 Å². The van der Waals surface area contributed by atoms with Gasteiger partial charge in [-0.15, -0.1) is 0 Å². The Balaban J connectivity index is 3.16. The van der Waals surface area contributed by atoms with E-state index in [-0.39, 0.29) is 35.8 Å². The van der Waals surface area contributed by atoms with E-state index in [4.69, 9.17) is 4.74 Å². The van der Waals surface area contributed by atoms with E-state index in [2.05, 4.69) is 24.1 Å². The van der Waals surface area contributed by atoms with E-state index >= 15 is 0 Å². The monoisotopic (exact) mass is 451 g/mol. The first-order chi connectivity index (χ1) is 14.8. The standard InChI is InChI=1S/C25H45N3O4/c1-10-17(3)20(16-18(4)24(31)32-11-2)28(9)23(30)21(25(5,6)7)26-22(29)19-14-12-13-15-27(19)8/h16-17,19-21H,10-15H2,1-9H3,(H,26,29)/b18-16+/t17?,19-,20-,21-/m1/s1. The molecule has 4 atom stereocenters. The van der Waals surface area contributed by atoms with E-state index in [0.717, 1.165) is 32.2 Å². The number of ether oxygens (including phenoxy) is 1. The summed E-state index contributed by atoms with van der Waals surface area (Å²) in [5, 5.41) is 3.06. The van der Waals surface area contributed by atoms with Crippen LogP contribution in [-0.4, -0.2) is 73.0 Å². The van der Waals surface area contributed by atoms with Gasteiger partial charge >= 0.3 is 5.97 Å². The van der Waals surface area contributed by atoms with Gasteiger partial charge in [0.2, 0.25) is 11.8 Å². The molecule has 7 heteroatoms. The number of nitrogens with one attached hydrogen (secondary N) is 1. The van der Waals surface area contributed by atoms with Crippen LogP contribution in [0.5, 0.6) is 0 Å². The fourth-order valence-electron chi connectivity index (χ4n) is 4.11. The molecule has 2 amide bonds. The third-order valence-corrected chi connectivity index (χ3v) is 6.51. The van der Waals surface area contributed by atoms with Gasteiger partial charge in [0.15, 0.2) is 0 Å². The van der Waals surface area contributed by atoms with Gasteiger partial charge in [-0.3, -0.25) is 14.5 Å². The summed E-state index contributed by atoms with van der Waals surface area (Å²) >= 11 is 0. The Bertz CT molecular complexity index is 683. The number of carbonyl (C=O) groups is 3. The van der Waals surface area contributed by atoms with Crippen LogP contribution in [0.1, 0.15) is 74.1 Å². The fourth-order valence-corrected chi connectivity index (χ4v) is 4.11. The molecule has 0 aromatic carbocycles. The van der Waals surface area contributed by atoms with Gasteiger partial charge in [-0.2, -0.15) is 0 Å². The van der Waals surface area contributed by atoms with Crippen molar-refractivity contribution in [3.05, 3.63) is 11.6 Å². The van der Waals surface area contributed by atoms with Crippen molar-refractivity contribution in [2.75, 3.05) is 27.2 Å². The number of hydrogen-bond acceptors (Lipinski definition) is 5. The highest BCUT2D eigenvalue weighted by Gasteiger charge is 2.39. The molecule has 1 aliphatic rings. The van der Waals surface area contributed by atoms with Crippen molar-refractivity contribution in [1.29, 1.82) is 0 Å². The molecule has 1 rings (SSSR count). The second kappa shape index (κ2) is 12.4. The Kier molecular flexibility index (Phi) is 10.9. The molecule has 0 aromatic rings. The van der Waals surface area contributed by atoms with Crippen molar-refractivity contribution in [3.8, 4) is 0 Å². The van der Waals surface area contributed by atoms with Crippen LogP contribution in [0.15, 0.2) is 11.6 Å². The predicted molar refractivity (Wildman–Crippen MR) is 128 cm³/mol. The molecule has 1 N–H and O–H groups in total. The topological polar surface area (TPSA) is 79.0 Å².